The molecular weight excluding hydrogens is 248 g/mol. The third-order valence-corrected chi connectivity index (χ3v) is 4.42. The van der Waals surface area contributed by atoms with Crippen molar-refractivity contribution in [1.29, 1.82) is 0 Å². The van der Waals surface area contributed by atoms with Gasteiger partial charge in [-0.1, -0.05) is 6.92 Å². The highest BCUT2D eigenvalue weighted by atomic mass is 32.2. The fourth-order valence-electron chi connectivity index (χ4n) is 1.99. The molecule has 0 spiro atoms. The average Bonchev–Trinajstić information content (AvgIpc) is 2.25. The molecule has 0 amide bonds. The van der Waals surface area contributed by atoms with E-state index in [2.05, 4.69) is 10.0 Å². The molecule has 0 saturated carbocycles. The fourth-order valence-corrected chi connectivity index (χ4v) is 3.57. The van der Waals surface area contributed by atoms with E-state index in [-0.39, 0.29) is 0 Å². The first-order valence-electron chi connectivity index (χ1n) is 6.27. The Balaban J connectivity index is 3.17. The van der Waals surface area contributed by atoms with Gasteiger partial charge in [-0.15, -0.1) is 0 Å². The molecule has 0 unspecified atom stereocenters. The molecule has 0 aliphatic carbocycles. The van der Waals surface area contributed by atoms with Crippen molar-refractivity contribution in [3.63, 3.8) is 0 Å². The zero-order valence-corrected chi connectivity index (χ0v) is 12.3. The second kappa shape index (κ2) is 6.20. The average molecular weight is 270 g/mol. The Labute approximate surface area is 110 Å². The van der Waals surface area contributed by atoms with E-state index in [0.717, 1.165) is 29.8 Å². The van der Waals surface area contributed by atoms with Crippen LogP contribution in [0.2, 0.25) is 0 Å². The Morgan fingerprint density at radius 3 is 2.11 bits per heavy atom. The van der Waals surface area contributed by atoms with Gasteiger partial charge in [0.15, 0.2) is 0 Å². The number of benzene rings is 1. The van der Waals surface area contributed by atoms with Crippen LogP contribution in [0.15, 0.2) is 17.0 Å². The highest BCUT2D eigenvalue weighted by Crippen LogP contribution is 2.24. The minimum atomic E-state index is -3.39. The standard InChI is InChI=1S/C13H22N2O2S/c1-5-7-15-18(16,17)13-10(3)8-12(14-6-2)9-11(13)4/h8-9,14-15H,5-7H2,1-4H3. The van der Waals surface area contributed by atoms with E-state index in [1.54, 1.807) is 0 Å². The van der Waals surface area contributed by atoms with Gasteiger partial charge >= 0.3 is 0 Å². The number of rotatable bonds is 6. The number of hydrogen-bond donors (Lipinski definition) is 2. The third-order valence-electron chi connectivity index (χ3n) is 2.65. The van der Waals surface area contributed by atoms with E-state index in [0.29, 0.717) is 11.4 Å². The van der Waals surface area contributed by atoms with Gasteiger partial charge in [-0.3, -0.25) is 0 Å². The molecule has 1 aromatic rings. The number of nitrogens with one attached hydrogen (secondary N) is 2. The first kappa shape index (κ1) is 15.0. The summed E-state index contributed by atoms with van der Waals surface area (Å²) in [5, 5.41) is 3.20. The van der Waals surface area contributed by atoms with E-state index in [1.807, 2.05) is 39.8 Å². The third kappa shape index (κ3) is 3.46. The summed E-state index contributed by atoms with van der Waals surface area (Å²) in [5.74, 6) is 0. The topological polar surface area (TPSA) is 58.2 Å². The van der Waals surface area contributed by atoms with Gasteiger partial charge in [-0.2, -0.15) is 0 Å². The van der Waals surface area contributed by atoms with Crippen molar-refractivity contribution < 1.29 is 8.42 Å². The largest absolute Gasteiger partial charge is 0.385 e. The van der Waals surface area contributed by atoms with Crippen molar-refractivity contribution in [2.24, 2.45) is 0 Å². The van der Waals surface area contributed by atoms with Crippen molar-refractivity contribution in [3.05, 3.63) is 23.3 Å². The Bertz CT molecular complexity index is 487. The summed E-state index contributed by atoms with van der Waals surface area (Å²) < 4.78 is 27.0. The predicted molar refractivity (Wildman–Crippen MR) is 75.6 cm³/mol. The van der Waals surface area contributed by atoms with E-state index in [9.17, 15) is 8.42 Å². The smallest absolute Gasteiger partial charge is 0.241 e. The molecule has 0 bridgehead atoms. The van der Waals surface area contributed by atoms with Crippen LogP contribution in [-0.2, 0) is 10.0 Å². The summed E-state index contributed by atoms with van der Waals surface area (Å²) in [7, 11) is -3.39. The molecule has 4 nitrogen and oxygen atoms in total. The molecule has 1 rings (SSSR count). The molecule has 0 atom stereocenters. The summed E-state index contributed by atoms with van der Waals surface area (Å²) in [4.78, 5) is 0.401. The molecule has 102 valence electrons. The Hall–Kier alpha value is -1.07. The Kier molecular flexibility index (Phi) is 5.16. The Morgan fingerprint density at radius 1 is 1.11 bits per heavy atom. The lowest BCUT2D eigenvalue weighted by atomic mass is 10.1. The molecule has 5 heteroatoms. The van der Waals surface area contributed by atoms with Gasteiger partial charge in [0.05, 0.1) is 4.90 Å². The molecule has 2 N–H and O–H groups in total. The molecular formula is C13H22N2O2S. The summed E-state index contributed by atoms with van der Waals surface area (Å²) in [6, 6.07) is 3.74. The number of anilines is 1. The summed E-state index contributed by atoms with van der Waals surface area (Å²) in [6.07, 6.45) is 0.785. The van der Waals surface area contributed by atoms with Crippen molar-refractivity contribution in [2.75, 3.05) is 18.4 Å². The number of sulfonamides is 1. The van der Waals surface area contributed by atoms with Crippen LogP contribution in [0.1, 0.15) is 31.4 Å². The normalized spacial score (nSPS) is 11.6. The minimum absolute atomic E-state index is 0.401. The molecule has 0 heterocycles. The molecule has 0 aliphatic rings. The van der Waals surface area contributed by atoms with Gasteiger partial charge in [-0.05, 0) is 50.5 Å². The molecule has 0 aliphatic heterocycles. The van der Waals surface area contributed by atoms with E-state index in [1.165, 1.54) is 0 Å². The molecule has 18 heavy (non-hydrogen) atoms. The lowest BCUT2D eigenvalue weighted by Crippen LogP contribution is -2.26. The number of hydrogen-bond acceptors (Lipinski definition) is 3. The van der Waals surface area contributed by atoms with Crippen molar-refractivity contribution >= 4 is 15.7 Å². The quantitative estimate of drug-likeness (QED) is 0.834. The van der Waals surface area contributed by atoms with Crippen molar-refractivity contribution in [2.45, 2.75) is 39.0 Å². The second-order valence-electron chi connectivity index (χ2n) is 4.37. The molecule has 0 aromatic heterocycles. The van der Waals surface area contributed by atoms with Crippen LogP contribution in [-0.4, -0.2) is 21.5 Å². The van der Waals surface area contributed by atoms with Crippen LogP contribution >= 0.6 is 0 Å². The maximum Gasteiger partial charge on any atom is 0.241 e. The van der Waals surface area contributed by atoms with Gasteiger partial charge in [-0.25, -0.2) is 13.1 Å². The van der Waals surface area contributed by atoms with Crippen LogP contribution in [0.25, 0.3) is 0 Å². The van der Waals surface area contributed by atoms with Crippen LogP contribution in [0.5, 0.6) is 0 Å². The lowest BCUT2D eigenvalue weighted by Gasteiger charge is -2.14. The van der Waals surface area contributed by atoms with Crippen LogP contribution in [0.4, 0.5) is 5.69 Å². The predicted octanol–water partition coefficient (Wildman–Crippen LogP) is 2.42. The SMILES string of the molecule is CCCNS(=O)(=O)c1c(C)cc(NCC)cc1C. The molecule has 0 radical (unpaired) electrons. The van der Waals surface area contributed by atoms with Crippen LogP contribution < -0.4 is 10.0 Å². The van der Waals surface area contributed by atoms with Gasteiger partial charge in [0.2, 0.25) is 10.0 Å². The Morgan fingerprint density at radius 2 is 1.67 bits per heavy atom. The zero-order chi connectivity index (χ0) is 13.8. The molecule has 0 fully saturated rings. The summed E-state index contributed by atoms with van der Waals surface area (Å²) in [5.41, 5.74) is 2.51. The minimum Gasteiger partial charge on any atom is -0.385 e. The second-order valence-corrected chi connectivity index (χ2v) is 6.07. The molecule has 0 saturated heterocycles. The van der Waals surface area contributed by atoms with Gasteiger partial charge < -0.3 is 5.32 Å². The van der Waals surface area contributed by atoms with E-state index in [4.69, 9.17) is 0 Å². The first-order valence-corrected chi connectivity index (χ1v) is 7.75. The summed E-state index contributed by atoms with van der Waals surface area (Å²) in [6.45, 7) is 8.90. The zero-order valence-electron chi connectivity index (χ0n) is 11.5. The van der Waals surface area contributed by atoms with Gasteiger partial charge in [0, 0.05) is 18.8 Å². The van der Waals surface area contributed by atoms with E-state index >= 15 is 0 Å². The van der Waals surface area contributed by atoms with Gasteiger partial charge in [0.25, 0.3) is 0 Å². The highest BCUT2D eigenvalue weighted by molar-refractivity contribution is 7.89. The monoisotopic (exact) mass is 270 g/mol. The van der Waals surface area contributed by atoms with Gasteiger partial charge in [0.1, 0.15) is 0 Å². The van der Waals surface area contributed by atoms with Crippen LogP contribution in [0.3, 0.4) is 0 Å². The maximum absolute atomic E-state index is 12.2. The van der Waals surface area contributed by atoms with Crippen molar-refractivity contribution in [3.8, 4) is 0 Å². The fraction of sp³-hybridized carbons (Fsp3) is 0.538. The maximum atomic E-state index is 12.2. The first-order chi connectivity index (χ1) is 8.42. The van der Waals surface area contributed by atoms with E-state index < -0.39 is 10.0 Å². The summed E-state index contributed by atoms with van der Waals surface area (Å²) >= 11 is 0. The molecule has 1 aromatic carbocycles. The van der Waals surface area contributed by atoms with Crippen LogP contribution in [0, 0.1) is 13.8 Å². The number of aryl methyl sites for hydroxylation is 2. The lowest BCUT2D eigenvalue weighted by molar-refractivity contribution is 0.579. The highest BCUT2D eigenvalue weighted by Gasteiger charge is 2.19. The van der Waals surface area contributed by atoms with Crippen molar-refractivity contribution in [1.82, 2.24) is 4.72 Å².